The fourth-order valence-electron chi connectivity index (χ4n) is 1.75. The normalized spacial score (nSPS) is 10.1. The molecular formula is C13H10ClN3O3. The van der Waals surface area contributed by atoms with Gasteiger partial charge in [0.25, 0.3) is 11.6 Å². The van der Waals surface area contributed by atoms with Crippen molar-refractivity contribution >= 4 is 28.9 Å². The highest BCUT2D eigenvalue weighted by atomic mass is 35.5. The van der Waals surface area contributed by atoms with Gasteiger partial charge in [0.1, 0.15) is 5.15 Å². The summed E-state index contributed by atoms with van der Waals surface area (Å²) >= 11 is 5.72. The Morgan fingerprint density at radius 1 is 1.40 bits per heavy atom. The molecule has 6 nitrogen and oxygen atoms in total. The minimum absolute atomic E-state index is 0.0922. The molecular weight excluding hydrogens is 282 g/mol. The Balaban J connectivity index is 2.30. The highest BCUT2D eigenvalue weighted by Crippen LogP contribution is 2.22. The van der Waals surface area contributed by atoms with Gasteiger partial charge in [-0.15, -0.1) is 0 Å². The van der Waals surface area contributed by atoms with Crippen LogP contribution in [0.1, 0.15) is 15.9 Å². The molecule has 1 N–H and O–H groups in total. The van der Waals surface area contributed by atoms with Gasteiger partial charge in [0.15, 0.2) is 0 Å². The third-order valence-corrected chi connectivity index (χ3v) is 2.94. The predicted octanol–water partition coefficient (Wildman–Crippen LogP) is 3.20. The van der Waals surface area contributed by atoms with Gasteiger partial charge in [-0.1, -0.05) is 17.7 Å². The lowest BCUT2D eigenvalue weighted by Crippen LogP contribution is -2.14. The molecule has 0 spiro atoms. The number of nitro groups is 1. The Morgan fingerprint density at radius 2 is 2.15 bits per heavy atom. The van der Waals surface area contributed by atoms with Crippen molar-refractivity contribution in [3.8, 4) is 0 Å². The quantitative estimate of drug-likeness (QED) is 0.534. The zero-order valence-electron chi connectivity index (χ0n) is 10.5. The number of nitrogens with zero attached hydrogens (tertiary/aromatic N) is 2. The maximum absolute atomic E-state index is 12.1. The second-order valence-corrected chi connectivity index (χ2v) is 4.42. The Hall–Kier alpha value is -2.47. The van der Waals surface area contributed by atoms with E-state index >= 15 is 0 Å². The molecule has 20 heavy (non-hydrogen) atoms. The van der Waals surface area contributed by atoms with Crippen LogP contribution < -0.4 is 5.32 Å². The number of rotatable bonds is 3. The number of aromatic nitrogens is 1. The predicted molar refractivity (Wildman–Crippen MR) is 75.0 cm³/mol. The first-order chi connectivity index (χ1) is 9.49. The lowest BCUT2D eigenvalue weighted by molar-refractivity contribution is -0.385. The number of carbonyl (C=O) groups is 1. The summed E-state index contributed by atoms with van der Waals surface area (Å²) in [7, 11) is 0. The molecule has 7 heteroatoms. The minimum atomic E-state index is -0.518. The van der Waals surface area contributed by atoms with Crippen molar-refractivity contribution in [1.82, 2.24) is 4.98 Å². The van der Waals surface area contributed by atoms with E-state index in [2.05, 4.69) is 10.3 Å². The van der Waals surface area contributed by atoms with Gasteiger partial charge in [0.05, 0.1) is 4.92 Å². The Morgan fingerprint density at radius 3 is 2.80 bits per heavy atom. The maximum atomic E-state index is 12.1. The minimum Gasteiger partial charge on any atom is -0.322 e. The average molecular weight is 292 g/mol. The number of amides is 1. The van der Waals surface area contributed by atoms with Crippen LogP contribution in [0.25, 0.3) is 0 Å². The fourth-order valence-corrected chi connectivity index (χ4v) is 1.92. The molecule has 0 aliphatic rings. The van der Waals surface area contributed by atoms with Crippen LogP contribution in [0.2, 0.25) is 5.15 Å². The molecule has 1 aromatic carbocycles. The molecule has 2 rings (SSSR count). The van der Waals surface area contributed by atoms with Crippen LogP contribution in [0.3, 0.4) is 0 Å². The molecule has 0 bridgehead atoms. The standard InChI is InChI=1S/C13H10ClN3O3/c1-8-10(3-2-4-11(8)17(19)20)13(18)16-9-5-6-15-12(14)7-9/h2-7H,1H3,(H,15,16,18). The summed E-state index contributed by atoms with van der Waals surface area (Å²) in [5.74, 6) is -0.437. The number of anilines is 1. The third kappa shape index (κ3) is 2.92. The summed E-state index contributed by atoms with van der Waals surface area (Å²) in [4.78, 5) is 26.3. The summed E-state index contributed by atoms with van der Waals surface area (Å²) in [6, 6.07) is 7.43. The number of carbonyl (C=O) groups excluding carboxylic acids is 1. The van der Waals surface area contributed by atoms with Crippen molar-refractivity contribution in [3.63, 3.8) is 0 Å². The molecule has 0 atom stereocenters. The van der Waals surface area contributed by atoms with Crippen LogP contribution in [0.5, 0.6) is 0 Å². The molecule has 0 fully saturated rings. The number of hydrogen-bond donors (Lipinski definition) is 1. The van der Waals surface area contributed by atoms with Gasteiger partial charge in [0.2, 0.25) is 0 Å². The molecule has 0 aliphatic carbocycles. The average Bonchev–Trinajstić information content (AvgIpc) is 2.38. The second kappa shape index (κ2) is 5.66. The fraction of sp³-hybridized carbons (Fsp3) is 0.0769. The number of hydrogen-bond acceptors (Lipinski definition) is 4. The summed E-state index contributed by atoms with van der Waals surface area (Å²) in [6.45, 7) is 1.53. The van der Waals surface area contributed by atoms with Gasteiger partial charge < -0.3 is 5.32 Å². The molecule has 2 aromatic rings. The van der Waals surface area contributed by atoms with E-state index < -0.39 is 10.8 Å². The number of pyridine rings is 1. The van der Waals surface area contributed by atoms with Crippen LogP contribution in [-0.2, 0) is 0 Å². The first-order valence-electron chi connectivity index (χ1n) is 5.66. The molecule has 1 aromatic heterocycles. The van der Waals surface area contributed by atoms with Crippen molar-refractivity contribution in [1.29, 1.82) is 0 Å². The van der Waals surface area contributed by atoms with Crippen molar-refractivity contribution in [2.45, 2.75) is 6.92 Å². The lowest BCUT2D eigenvalue weighted by atomic mass is 10.1. The largest absolute Gasteiger partial charge is 0.322 e. The highest BCUT2D eigenvalue weighted by Gasteiger charge is 2.17. The van der Waals surface area contributed by atoms with Gasteiger partial charge in [-0.3, -0.25) is 14.9 Å². The van der Waals surface area contributed by atoms with E-state index in [0.717, 1.165) is 0 Å². The topological polar surface area (TPSA) is 85.1 Å². The number of benzene rings is 1. The molecule has 0 aliphatic heterocycles. The molecule has 0 saturated heterocycles. The number of nitro benzene ring substituents is 1. The number of halogens is 1. The maximum Gasteiger partial charge on any atom is 0.273 e. The zero-order chi connectivity index (χ0) is 14.7. The van der Waals surface area contributed by atoms with E-state index in [4.69, 9.17) is 11.6 Å². The van der Waals surface area contributed by atoms with Gasteiger partial charge >= 0.3 is 0 Å². The van der Waals surface area contributed by atoms with E-state index in [0.29, 0.717) is 11.3 Å². The van der Waals surface area contributed by atoms with Crippen LogP contribution >= 0.6 is 11.6 Å². The lowest BCUT2D eigenvalue weighted by Gasteiger charge is -2.08. The molecule has 0 unspecified atom stereocenters. The van der Waals surface area contributed by atoms with Crippen molar-refractivity contribution < 1.29 is 9.72 Å². The second-order valence-electron chi connectivity index (χ2n) is 4.03. The van der Waals surface area contributed by atoms with E-state index in [1.807, 2.05) is 0 Å². The third-order valence-electron chi connectivity index (χ3n) is 2.73. The SMILES string of the molecule is Cc1c(C(=O)Nc2ccnc(Cl)c2)cccc1[N+](=O)[O-]. The van der Waals surface area contributed by atoms with E-state index in [1.54, 1.807) is 6.07 Å². The molecule has 1 heterocycles. The van der Waals surface area contributed by atoms with Crippen LogP contribution in [-0.4, -0.2) is 15.8 Å². The molecule has 0 radical (unpaired) electrons. The summed E-state index contributed by atoms with van der Waals surface area (Å²) in [5.41, 5.74) is 0.939. The first kappa shape index (κ1) is 14.0. The van der Waals surface area contributed by atoms with E-state index in [9.17, 15) is 14.9 Å². The number of nitrogens with one attached hydrogen (secondary N) is 1. The Labute approximate surface area is 119 Å². The van der Waals surface area contributed by atoms with E-state index in [1.165, 1.54) is 37.4 Å². The Kier molecular flexibility index (Phi) is 3.95. The molecule has 1 amide bonds. The van der Waals surface area contributed by atoms with Crippen LogP contribution in [0.4, 0.5) is 11.4 Å². The van der Waals surface area contributed by atoms with Gasteiger partial charge in [-0.25, -0.2) is 4.98 Å². The van der Waals surface area contributed by atoms with Gasteiger partial charge in [-0.05, 0) is 25.1 Å². The van der Waals surface area contributed by atoms with Crippen molar-refractivity contribution in [2.75, 3.05) is 5.32 Å². The highest BCUT2D eigenvalue weighted by molar-refractivity contribution is 6.29. The van der Waals surface area contributed by atoms with Crippen molar-refractivity contribution in [2.24, 2.45) is 0 Å². The van der Waals surface area contributed by atoms with E-state index in [-0.39, 0.29) is 16.4 Å². The zero-order valence-corrected chi connectivity index (χ0v) is 11.2. The monoisotopic (exact) mass is 291 g/mol. The summed E-state index contributed by atoms with van der Waals surface area (Å²) in [6.07, 6.45) is 1.46. The summed E-state index contributed by atoms with van der Waals surface area (Å²) < 4.78 is 0. The molecule has 0 saturated carbocycles. The smallest absolute Gasteiger partial charge is 0.273 e. The van der Waals surface area contributed by atoms with Crippen LogP contribution in [0.15, 0.2) is 36.5 Å². The molecule has 102 valence electrons. The van der Waals surface area contributed by atoms with Gasteiger partial charge in [-0.2, -0.15) is 0 Å². The van der Waals surface area contributed by atoms with Crippen LogP contribution in [0, 0.1) is 17.0 Å². The van der Waals surface area contributed by atoms with Gasteiger partial charge in [0, 0.05) is 29.1 Å². The first-order valence-corrected chi connectivity index (χ1v) is 6.04. The van der Waals surface area contributed by atoms with Crippen molar-refractivity contribution in [3.05, 3.63) is 62.9 Å². The Bertz CT molecular complexity index is 688. The summed E-state index contributed by atoms with van der Waals surface area (Å²) in [5, 5.41) is 13.7.